The molecule has 0 aromatic rings. The van der Waals surface area contributed by atoms with Gasteiger partial charge in [-0.05, 0) is 43.7 Å². The summed E-state index contributed by atoms with van der Waals surface area (Å²) in [5.74, 6) is 3.16. The molecule has 2 bridgehead atoms. The van der Waals surface area contributed by atoms with Gasteiger partial charge in [-0.1, -0.05) is 19.8 Å². The highest BCUT2D eigenvalue weighted by atomic mass is 14.9. The minimum atomic E-state index is 1.04. The van der Waals surface area contributed by atoms with Gasteiger partial charge in [0.15, 0.2) is 0 Å². The summed E-state index contributed by atoms with van der Waals surface area (Å²) >= 11 is 0. The van der Waals surface area contributed by atoms with E-state index >= 15 is 0 Å². The molecule has 2 fully saturated rings. The summed E-state index contributed by atoms with van der Waals surface area (Å²) in [5.41, 5.74) is 0. The highest BCUT2D eigenvalue weighted by molar-refractivity contribution is 4.90. The number of hydrogen-bond acceptors (Lipinski definition) is 1. The fourth-order valence-corrected chi connectivity index (χ4v) is 3.01. The summed E-state index contributed by atoms with van der Waals surface area (Å²) in [6, 6.07) is 0. The predicted molar refractivity (Wildman–Crippen MR) is 47.5 cm³/mol. The number of rotatable bonds is 2. The largest absolute Gasteiger partial charge is 0.316 e. The molecule has 64 valence electrons. The van der Waals surface area contributed by atoms with Crippen LogP contribution in [0.3, 0.4) is 0 Å². The molecule has 1 aliphatic carbocycles. The quantitative estimate of drug-likeness (QED) is 0.640. The molecule has 0 spiro atoms. The van der Waals surface area contributed by atoms with E-state index in [4.69, 9.17) is 0 Å². The summed E-state index contributed by atoms with van der Waals surface area (Å²) in [7, 11) is 0. The Morgan fingerprint density at radius 3 is 2.36 bits per heavy atom. The first-order chi connectivity index (χ1) is 5.42. The lowest BCUT2D eigenvalue weighted by atomic mass is 9.83. The molecule has 2 rings (SSSR count). The molecule has 2 aliphatic rings. The van der Waals surface area contributed by atoms with Crippen molar-refractivity contribution >= 4 is 0 Å². The molecule has 1 saturated heterocycles. The Morgan fingerprint density at radius 1 is 1.18 bits per heavy atom. The van der Waals surface area contributed by atoms with Crippen LogP contribution in [0.2, 0.25) is 0 Å². The maximum atomic E-state index is 3.54. The van der Waals surface area contributed by atoms with E-state index in [1.54, 1.807) is 0 Å². The number of nitrogens with one attached hydrogen (secondary N) is 1. The lowest BCUT2D eigenvalue weighted by molar-refractivity contribution is 0.230. The molecular formula is C10H19N. The van der Waals surface area contributed by atoms with E-state index in [9.17, 15) is 0 Å². The molecule has 1 aliphatic heterocycles. The Morgan fingerprint density at radius 2 is 1.82 bits per heavy atom. The Bertz CT molecular complexity index is 117. The van der Waals surface area contributed by atoms with Gasteiger partial charge in [0.1, 0.15) is 0 Å². The van der Waals surface area contributed by atoms with Crippen LogP contribution in [0.15, 0.2) is 0 Å². The van der Waals surface area contributed by atoms with Crippen LogP contribution in [-0.4, -0.2) is 13.1 Å². The number of hydrogen-bond donors (Lipinski definition) is 1. The van der Waals surface area contributed by atoms with Crippen LogP contribution >= 0.6 is 0 Å². The van der Waals surface area contributed by atoms with Crippen LogP contribution in [0.5, 0.6) is 0 Å². The lowest BCUT2D eigenvalue weighted by Crippen LogP contribution is -2.37. The summed E-state index contributed by atoms with van der Waals surface area (Å²) < 4.78 is 0. The number of piperidine rings is 1. The molecule has 1 nitrogen and oxygen atoms in total. The molecule has 0 aromatic heterocycles. The molecule has 1 saturated carbocycles. The first-order valence-electron chi connectivity index (χ1n) is 5.12. The maximum absolute atomic E-state index is 3.54. The van der Waals surface area contributed by atoms with Crippen LogP contribution in [0.4, 0.5) is 0 Å². The average molecular weight is 153 g/mol. The molecule has 0 radical (unpaired) electrons. The van der Waals surface area contributed by atoms with Gasteiger partial charge in [0.2, 0.25) is 0 Å². The van der Waals surface area contributed by atoms with E-state index in [1.807, 2.05) is 0 Å². The van der Waals surface area contributed by atoms with E-state index in [1.165, 1.54) is 38.8 Å². The van der Waals surface area contributed by atoms with E-state index in [0.29, 0.717) is 0 Å². The topological polar surface area (TPSA) is 12.0 Å². The average Bonchev–Trinajstić information content (AvgIpc) is 2.30. The van der Waals surface area contributed by atoms with Crippen molar-refractivity contribution in [3.05, 3.63) is 0 Å². The van der Waals surface area contributed by atoms with Crippen molar-refractivity contribution in [1.82, 2.24) is 5.32 Å². The summed E-state index contributed by atoms with van der Waals surface area (Å²) in [5, 5.41) is 3.54. The first-order valence-corrected chi connectivity index (χ1v) is 5.12. The van der Waals surface area contributed by atoms with Gasteiger partial charge in [0.05, 0.1) is 0 Å². The SMILES string of the molecule is CCCC1C2CC[C@@H]1CNC2. The second-order valence-electron chi connectivity index (χ2n) is 4.21. The van der Waals surface area contributed by atoms with Crippen LogP contribution in [0.1, 0.15) is 32.6 Å². The van der Waals surface area contributed by atoms with Gasteiger partial charge < -0.3 is 5.32 Å². The molecule has 3 atom stereocenters. The molecule has 2 unspecified atom stereocenters. The fourth-order valence-electron chi connectivity index (χ4n) is 3.01. The Labute approximate surface area is 69.6 Å². The van der Waals surface area contributed by atoms with Gasteiger partial charge in [0, 0.05) is 0 Å². The lowest BCUT2D eigenvalue weighted by Gasteiger charge is -2.30. The van der Waals surface area contributed by atoms with Crippen molar-refractivity contribution in [2.24, 2.45) is 17.8 Å². The molecule has 1 N–H and O–H groups in total. The van der Waals surface area contributed by atoms with Crippen molar-refractivity contribution in [3.63, 3.8) is 0 Å². The summed E-state index contributed by atoms with van der Waals surface area (Å²) in [6.07, 6.45) is 5.87. The van der Waals surface area contributed by atoms with Crippen molar-refractivity contribution < 1.29 is 0 Å². The van der Waals surface area contributed by atoms with E-state index in [-0.39, 0.29) is 0 Å². The van der Waals surface area contributed by atoms with Gasteiger partial charge in [0.25, 0.3) is 0 Å². The molecule has 0 amide bonds. The number of fused-ring (bicyclic) bond motifs is 2. The standard InChI is InChI=1S/C10H19N/c1-2-3-10-8-4-5-9(10)7-11-6-8/h8-11H,2-7H2,1H3/t8-,9?,10?/m1/s1. The van der Waals surface area contributed by atoms with Crippen molar-refractivity contribution in [1.29, 1.82) is 0 Å². The van der Waals surface area contributed by atoms with Crippen LogP contribution in [0, 0.1) is 17.8 Å². The molecule has 1 heterocycles. The zero-order valence-corrected chi connectivity index (χ0v) is 7.47. The third-order valence-corrected chi connectivity index (χ3v) is 3.55. The predicted octanol–water partition coefficient (Wildman–Crippen LogP) is 2.03. The fraction of sp³-hybridized carbons (Fsp3) is 1.00. The van der Waals surface area contributed by atoms with Gasteiger partial charge in [-0.25, -0.2) is 0 Å². The van der Waals surface area contributed by atoms with E-state index in [0.717, 1.165) is 17.8 Å². The van der Waals surface area contributed by atoms with E-state index in [2.05, 4.69) is 12.2 Å². The molecule has 11 heavy (non-hydrogen) atoms. The third-order valence-electron chi connectivity index (χ3n) is 3.55. The minimum Gasteiger partial charge on any atom is -0.316 e. The second-order valence-corrected chi connectivity index (χ2v) is 4.21. The first kappa shape index (κ1) is 7.60. The highest BCUT2D eigenvalue weighted by Gasteiger charge is 2.37. The molecular weight excluding hydrogens is 134 g/mol. The smallest absolute Gasteiger partial charge is 0.00176 e. The van der Waals surface area contributed by atoms with Crippen LogP contribution in [0.25, 0.3) is 0 Å². The molecule has 0 aromatic carbocycles. The van der Waals surface area contributed by atoms with Crippen molar-refractivity contribution in [2.75, 3.05) is 13.1 Å². The Hall–Kier alpha value is -0.0400. The van der Waals surface area contributed by atoms with E-state index < -0.39 is 0 Å². The van der Waals surface area contributed by atoms with Crippen LogP contribution in [-0.2, 0) is 0 Å². The van der Waals surface area contributed by atoms with Gasteiger partial charge >= 0.3 is 0 Å². The second kappa shape index (κ2) is 3.14. The third kappa shape index (κ3) is 1.31. The van der Waals surface area contributed by atoms with Crippen molar-refractivity contribution in [3.8, 4) is 0 Å². The highest BCUT2D eigenvalue weighted by Crippen LogP contribution is 2.41. The monoisotopic (exact) mass is 153 g/mol. The zero-order chi connectivity index (χ0) is 7.68. The van der Waals surface area contributed by atoms with Gasteiger partial charge in [-0.3, -0.25) is 0 Å². The minimum absolute atomic E-state index is 1.04. The molecule has 1 heteroatoms. The maximum Gasteiger partial charge on any atom is -0.00176 e. The van der Waals surface area contributed by atoms with Crippen LogP contribution < -0.4 is 5.32 Å². The zero-order valence-electron chi connectivity index (χ0n) is 7.47. The Balaban J connectivity index is 1.97. The normalized spacial score (nSPS) is 42.8. The van der Waals surface area contributed by atoms with Gasteiger partial charge in [-0.2, -0.15) is 0 Å². The summed E-state index contributed by atoms with van der Waals surface area (Å²) in [6.45, 7) is 4.93. The Kier molecular flexibility index (Phi) is 2.17. The van der Waals surface area contributed by atoms with Gasteiger partial charge in [-0.15, -0.1) is 0 Å². The van der Waals surface area contributed by atoms with Crippen molar-refractivity contribution in [2.45, 2.75) is 32.6 Å². The summed E-state index contributed by atoms with van der Waals surface area (Å²) in [4.78, 5) is 0.